The Balaban J connectivity index is 1.54. The summed E-state index contributed by atoms with van der Waals surface area (Å²) < 4.78 is 58.7. The molecule has 11 heteroatoms. The number of anilines is 3. The molecule has 0 unspecified atom stereocenters. The molecule has 1 amide bonds. The first kappa shape index (κ1) is 27.0. The van der Waals surface area contributed by atoms with Gasteiger partial charge in [-0.25, -0.2) is 16.8 Å². The first-order chi connectivity index (χ1) is 17.1. The van der Waals surface area contributed by atoms with Crippen molar-refractivity contribution in [1.29, 1.82) is 0 Å². The van der Waals surface area contributed by atoms with Gasteiger partial charge in [0, 0.05) is 24.3 Å². The van der Waals surface area contributed by atoms with Gasteiger partial charge in [0.1, 0.15) is 5.75 Å². The van der Waals surface area contributed by atoms with E-state index in [4.69, 9.17) is 4.74 Å². The van der Waals surface area contributed by atoms with Gasteiger partial charge in [0.25, 0.3) is 10.0 Å². The summed E-state index contributed by atoms with van der Waals surface area (Å²) in [6.07, 6.45) is 1.53. The van der Waals surface area contributed by atoms with Crippen LogP contribution in [0.3, 0.4) is 0 Å². The molecule has 3 aromatic rings. The fraction of sp³-hybridized carbons (Fsp3) is 0.240. The maximum Gasteiger partial charge on any atom is 0.261 e. The number of rotatable bonds is 12. The maximum atomic E-state index is 12.7. The van der Waals surface area contributed by atoms with Gasteiger partial charge in [-0.1, -0.05) is 18.2 Å². The fourth-order valence-electron chi connectivity index (χ4n) is 3.40. The van der Waals surface area contributed by atoms with Crippen LogP contribution >= 0.6 is 0 Å². The molecular weight excluding hydrogens is 502 g/mol. The lowest BCUT2D eigenvalue weighted by molar-refractivity contribution is -0.116. The smallest absolute Gasteiger partial charge is 0.261 e. The lowest BCUT2D eigenvalue weighted by Gasteiger charge is -2.22. The predicted octanol–water partition coefficient (Wildman–Crippen LogP) is 4.07. The van der Waals surface area contributed by atoms with Crippen molar-refractivity contribution in [3.05, 3.63) is 78.9 Å². The minimum absolute atomic E-state index is 0.0426. The molecule has 0 atom stereocenters. The van der Waals surface area contributed by atoms with Crippen LogP contribution in [0.15, 0.2) is 83.8 Å². The molecule has 0 saturated carbocycles. The summed E-state index contributed by atoms with van der Waals surface area (Å²) in [7, 11) is -7.30. The molecule has 0 aliphatic carbocycles. The Bertz CT molecular complexity index is 1360. The van der Waals surface area contributed by atoms with Crippen LogP contribution in [0.4, 0.5) is 17.1 Å². The Morgan fingerprint density at radius 2 is 1.47 bits per heavy atom. The van der Waals surface area contributed by atoms with Crippen molar-refractivity contribution in [2.45, 2.75) is 24.7 Å². The third-order valence-electron chi connectivity index (χ3n) is 5.08. The standard InChI is InChI=1S/C25H29N3O6S2/c1-3-34-23-15-11-21(12-16-23)27-36(32,33)24-17-13-20(14-18-24)26-25(29)10-7-19-28(35(2,30)31)22-8-5-4-6-9-22/h4-6,8-9,11-18,27H,3,7,10,19H2,1-2H3,(H,26,29). The number of nitrogens with one attached hydrogen (secondary N) is 2. The van der Waals surface area contributed by atoms with Crippen LogP contribution in [0.5, 0.6) is 5.75 Å². The molecule has 2 N–H and O–H groups in total. The van der Waals surface area contributed by atoms with E-state index in [1.54, 1.807) is 54.6 Å². The number of hydrogen-bond donors (Lipinski definition) is 2. The largest absolute Gasteiger partial charge is 0.494 e. The van der Waals surface area contributed by atoms with Crippen molar-refractivity contribution in [3.8, 4) is 5.75 Å². The second-order valence-corrected chi connectivity index (χ2v) is 11.5. The summed E-state index contributed by atoms with van der Waals surface area (Å²) in [4.78, 5) is 12.4. The van der Waals surface area contributed by atoms with Gasteiger partial charge in [0.2, 0.25) is 15.9 Å². The summed E-state index contributed by atoms with van der Waals surface area (Å²) in [5, 5.41) is 2.70. The summed E-state index contributed by atoms with van der Waals surface area (Å²) in [6, 6.07) is 21.0. The Morgan fingerprint density at radius 3 is 2.06 bits per heavy atom. The van der Waals surface area contributed by atoms with Crippen molar-refractivity contribution in [2.75, 3.05) is 33.8 Å². The van der Waals surface area contributed by atoms with Gasteiger partial charge in [0.15, 0.2) is 0 Å². The lowest BCUT2D eigenvalue weighted by atomic mass is 10.2. The van der Waals surface area contributed by atoms with Crippen LogP contribution in [0.1, 0.15) is 19.8 Å². The molecule has 0 aromatic heterocycles. The first-order valence-electron chi connectivity index (χ1n) is 11.3. The number of benzene rings is 3. The van der Waals surface area contributed by atoms with Gasteiger partial charge in [-0.3, -0.25) is 13.8 Å². The third-order valence-corrected chi connectivity index (χ3v) is 7.67. The summed E-state index contributed by atoms with van der Waals surface area (Å²) in [5.41, 5.74) is 1.37. The van der Waals surface area contributed by atoms with Crippen molar-refractivity contribution in [3.63, 3.8) is 0 Å². The van der Waals surface area contributed by atoms with Gasteiger partial charge in [-0.05, 0) is 74.0 Å². The summed E-state index contributed by atoms with van der Waals surface area (Å²) in [6.45, 7) is 2.53. The number of nitrogens with zero attached hydrogens (tertiary/aromatic N) is 1. The molecule has 0 bridgehead atoms. The zero-order chi connectivity index (χ0) is 26.2. The Kier molecular flexibility index (Phi) is 8.94. The molecule has 0 aliphatic heterocycles. The minimum Gasteiger partial charge on any atom is -0.494 e. The van der Waals surface area contributed by atoms with Crippen LogP contribution in [-0.4, -0.2) is 42.2 Å². The van der Waals surface area contributed by atoms with Gasteiger partial charge in [-0.2, -0.15) is 0 Å². The number of ether oxygens (including phenoxy) is 1. The second kappa shape index (κ2) is 11.9. The van der Waals surface area contributed by atoms with Crippen LogP contribution in [0.25, 0.3) is 0 Å². The van der Waals surface area contributed by atoms with Crippen molar-refractivity contribution < 1.29 is 26.4 Å². The van der Waals surface area contributed by atoms with Gasteiger partial charge < -0.3 is 10.1 Å². The summed E-state index contributed by atoms with van der Waals surface area (Å²) >= 11 is 0. The number of carbonyl (C=O) groups excluding carboxylic acids is 1. The van der Waals surface area contributed by atoms with E-state index >= 15 is 0 Å². The monoisotopic (exact) mass is 531 g/mol. The van der Waals surface area contributed by atoms with Crippen LogP contribution in [0.2, 0.25) is 0 Å². The number of para-hydroxylation sites is 1. The topological polar surface area (TPSA) is 122 Å². The molecule has 36 heavy (non-hydrogen) atoms. The first-order valence-corrected chi connectivity index (χ1v) is 14.6. The Morgan fingerprint density at radius 1 is 0.861 bits per heavy atom. The minimum atomic E-state index is -3.81. The van der Waals surface area contributed by atoms with Crippen LogP contribution in [0, 0.1) is 0 Å². The molecule has 0 saturated heterocycles. The number of hydrogen-bond acceptors (Lipinski definition) is 6. The Labute approximate surface area is 212 Å². The van der Waals surface area contributed by atoms with Gasteiger partial charge in [0.05, 0.1) is 23.4 Å². The average molecular weight is 532 g/mol. The molecule has 192 valence electrons. The normalized spacial score (nSPS) is 11.5. The lowest BCUT2D eigenvalue weighted by Crippen LogP contribution is -2.31. The molecule has 0 radical (unpaired) electrons. The quantitative estimate of drug-likeness (QED) is 0.363. The van der Waals surface area contributed by atoms with E-state index in [9.17, 15) is 21.6 Å². The van der Waals surface area contributed by atoms with Crippen molar-refractivity contribution in [2.24, 2.45) is 0 Å². The van der Waals surface area contributed by atoms with Crippen molar-refractivity contribution in [1.82, 2.24) is 0 Å². The van der Waals surface area contributed by atoms with Gasteiger partial charge in [-0.15, -0.1) is 0 Å². The predicted molar refractivity (Wildman–Crippen MR) is 141 cm³/mol. The zero-order valence-electron chi connectivity index (χ0n) is 20.0. The van der Waals surface area contributed by atoms with E-state index < -0.39 is 20.0 Å². The molecule has 0 aliphatic rings. The SMILES string of the molecule is CCOc1ccc(NS(=O)(=O)c2ccc(NC(=O)CCCN(c3ccccc3)S(C)(=O)=O)cc2)cc1. The van der Waals surface area contributed by atoms with E-state index in [1.807, 2.05) is 6.92 Å². The van der Waals surface area contributed by atoms with Gasteiger partial charge >= 0.3 is 0 Å². The number of carbonyl (C=O) groups is 1. The highest BCUT2D eigenvalue weighted by Crippen LogP contribution is 2.21. The zero-order valence-corrected chi connectivity index (χ0v) is 21.7. The number of sulfonamides is 2. The van der Waals surface area contributed by atoms with E-state index in [1.165, 1.54) is 28.6 Å². The van der Waals surface area contributed by atoms with E-state index in [0.717, 1.165) is 6.26 Å². The molecule has 3 aromatic carbocycles. The third kappa shape index (κ3) is 7.72. The van der Waals surface area contributed by atoms with Crippen LogP contribution < -0.4 is 19.1 Å². The highest BCUT2D eigenvalue weighted by atomic mass is 32.2. The maximum absolute atomic E-state index is 12.7. The van der Waals surface area contributed by atoms with E-state index in [0.29, 0.717) is 35.8 Å². The fourth-order valence-corrected chi connectivity index (χ4v) is 5.43. The molecule has 0 spiro atoms. The number of amides is 1. The van der Waals surface area contributed by atoms with Crippen LogP contribution in [-0.2, 0) is 24.8 Å². The molecule has 0 heterocycles. The molecule has 3 rings (SSSR count). The second-order valence-electron chi connectivity index (χ2n) is 7.91. The van der Waals surface area contributed by atoms with E-state index in [2.05, 4.69) is 10.0 Å². The van der Waals surface area contributed by atoms with Crippen molar-refractivity contribution >= 4 is 43.0 Å². The Hall–Kier alpha value is -3.57. The molecule has 0 fully saturated rings. The highest BCUT2D eigenvalue weighted by molar-refractivity contribution is 7.92. The van der Waals surface area contributed by atoms with E-state index in [-0.39, 0.29) is 23.8 Å². The molecular formula is C25H29N3O6S2. The average Bonchev–Trinajstić information content (AvgIpc) is 2.83. The highest BCUT2D eigenvalue weighted by Gasteiger charge is 2.18. The molecule has 9 nitrogen and oxygen atoms in total. The summed E-state index contributed by atoms with van der Waals surface area (Å²) in [5.74, 6) is 0.337.